The Balaban J connectivity index is -0.0000000632. The summed E-state index contributed by atoms with van der Waals surface area (Å²) in [6.07, 6.45) is 0.157. The lowest BCUT2D eigenvalue weighted by Gasteiger charge is -2.12. The van der Waals surface area contributed by atoms with E-state index in [1.165, 1.54) is 63.0 Å². The molecule has 0 fully saturated rings. The van der Waals surface area contributed by atoms with Gasteiger partial charge in [-0.1, -0.05) is 151 Å². The highest BCUT2D eigenvalue weighted by Gasteiger charge is 2.12. The Morgan fingerprint density at radius 2 is 0.667 bits per heavy atom. The van der Waals surface area contributed by atoms with Crippen molar-refractivity contribution in [3.8, 4) is 0 Å². The van der Waals surface area contributed by atoms with Gasteiger partial charge in [-0.2, -0.15) is 0 Å². The molecule has 96 heavy (non-hydrogen) atoms. The highest BCUT2D eigenvalue weighted by atomic mass is 32.2. The quantitative estimate of drug-likeness (QED) is 0.0212. The smallest absolute Gasteiger partial charge is 0.323 e. The monoisotopic (exact) mass is 1460 g/mol. The zero-order chi connectivity index (χ0) is 80.7. The first-order valence-corrected chi connectivity index (χ1v) is 37.7. The van der Waals surface area contributed by atoms with Gasteiger partial charge in [-0.15, -0.1) is 0 Å². The summed E-state index contributed by atoms with van der Waals surface area (Å²) in [5.41, 5.74) is 7.70. The molecule has 0 heterocycles. The molecule has 1 unspecified atom stereocenters. The van der Waals surface area contributed by atoms with E-state index in [0.29, 0.717) is 15.7 Å². The second-order valence-electron chi connectivity index (χ2n) is 25.5. The Hall–Kier alpha value is -4.26. The zero-order valence-corrected chi connectivity index (χ0v) is 71.9. The number of nitro groups is 1. The van der Waals surface area contributed by atoms with Crippen molar-refractivity contribution in [3.63, 3.8) is 0 Å². The summed E-state index contributed by atoms with van der Waals surface area (Å²) < 4.78 is 39.1. The number of esters is 5. The molecule has 1 amide bonds. The van der Waals surface area contributed by atoms with Crippen LogP contribution in [0.25, 0.3) is 10.4 Å². The Kier molecular flexibility index (Phi) is 111. The van der Waals surface area contributed by atoms with Crippen LogP contribution < -0.4 is 10.6 Å². The van der Waals surface area contributed by atoms with Crippen LogP contribution in [-0.4, -0.2) is 153 Å². The van der Waals surface area contributed by atoms with Crippen molar-refractivity contribution in [1.82, 2.24) is 10.6 Å². The fourth-order valence-corrected chi connectivity index (χ4v) is 6.84. The van der Waals surface area contributed by atoms with Gasteiger partial charge in [0.2, 0.25) is 11.9 Å². The molecule has 0 saturated heterocycles. The van der Waals surface area contributed by atoms with E-state index in [1.54, 1.807) is 61.9 Å². The van der Waals surface area contributed by atoms with Gasteiger partial charge < -0.3 is 38.8 Å². The number of nitrogens with zero attached hydrogens (tertiary/aromatic N) is 4. The minimum Gasteiger partial charge on any atom is -0.463 e. The van der Waals surface area contributed by atoms with Gasteiger partial charge in [-0.3, -0.25) is 57.8 Å². The fraction of sp³-hybridized carbons (Fsp3) is 0.868. The van der Waals surface area contributed by atoms with Gasteiger partial charge in [0.05, 0.1) is 36.6 Å². The van der Waals surface area contributed by atoms with Crippen LogP contribution in [0.1, 0.15) is 277 Å². The first kappa shape index (κ1) is 125. The van der Waals surface area contributed by atoms with Crippen LogP contribution in [0, 0.1) is 27.9 Å². The molecule has 0 bridgehead atoms. The van der Waals surface area contributed by atoms with Crippen molar-refractivity contribution in [2.75, 3.05) is 20.4 Å². The van der Waals surface area contributed by atoms with Gasteiger partial charge in [0, 0.05) is 119 Å². The lowest BCUT2D eigenvalue weighted by Crippen LogP contribution is -2.33. The molecule has 0 saturated carbocycles. The number of amides is 1. The van der Waals surface area contributed by atoms with Crippen LogP contribution in [0.15, 0.2) is 5.11 Å². The van der Waals surface area contributed by atoms with Gasteiger partial charge in [0.25, 0.3) is 0 Å². The average molecular weight is 1460 g/mol. The molecular formula is C68H147N6O18PS3. The van der Waals surface area contributed by atoms with E-state index in [2.05, 4.69) is 81.1 Å². The maximum atomic E-state index is 10.9. The van der Waals surface area contributed by atoms with Crippen LogP contribution in [0.2, 0.25) is 0 Å². The largest absolute Gasteiger partial charge is 0.463 e. The number of hydrogen-bond donors (Lipinski definition) is 2. The molecule has 0 rings (SSSR count). The number of carbonyl (C=O) groups excluding carboxylic acids is 9. The number of carbonyl (C=O) groups is 9. The molecule has 0 aromatic rings. The van der Waals surface area contributed by atoms with Gasteiger partial charge >= 0.3 is 29.8 Å². The molecule has 0 aliphatic heterocycles. The van der Waals surface area contributed by atoms with Crippen LogP contribution in [0.5, 0.6) is 0 Å². The van der Waals surface area contributed by atoms with E-state index in [-0.39, 0.29) is 117 Å². The van der Waals surface area contributed by atoms with Crippen LogP contribution >= 0.6 is 42.7 Å². The predicted octanol–water partition coefficient (Wildman–Crippen LogP) is 18.2. The molecule has 0 radical (unpaired) electrons. The molecule has 2 N–H and O–H groups in total. The average Bonchev–Trinajstić information content (AvgIpc) is 3.29. The first-order valence-electron chi connectivity index (χ1n) is 32.6. The molecule has 0 spiro atoms. The van der Waals surface area contributed by atoms with Gasteiger partial charge in [0.15, 0.2) is 22.7 Å². The third kappa shape index (κ3) is 245. The van der Waals surface area contributed by atoms with Crippen molar-refractivity contribution in [2.45, 2.75) is 353 Å². The summed E-state index contributed by atoms with van der Waals surface area (Å²) in [6, 6.07) is -0.262. The Morgan fingerprint density at radius 1 is 0.448 bits per heavy atom. The SMILES string of the molecule is CC(=O)OC(C)C.CC(=O)OC(C)C.CC(=O)OC(C)C.CC(=O)OC(C)C.CC(=O)SC(C)C.CC(=O)SC(C)C.CC(=O)SC(C)C.CC(C)C.CC(C)C.CC(C)N=[N+]=[N-].CC(C)NC(=O)C(C)C.CC(C)OP(C)(C)=O.CC(C)[N+](=O)[O-].CNC(C)C(=O)OC(C)C. The summed E-state index contributed by atoms with van der Waals surface area (Å²) in [7, 11) is -0.493. The summed E-state index contributed by atoms with van der Waals surface area (Å²) >= 11 is 4.11. The molecule has 28 heteroatoms. The molecule has 0 aliphatic rings. The second kappa shape index (κ2) is 85.0. The van der Waals surface area contributed by atoms with E-state index in [4.69, 9.17) is 14.8 Å². The fourth-order valence-electron chi connectivity index (χ4n) is 3.84. The number of rotatable bonds is 16. The van der Waals surface area contributed by atoms with E-state index in [0.717, 1.165) is 11.8 Å². The van der Waals surface area contributed by atoms with Gasteiger partial charge in [-0.05, 0) is 128 Å². The van der Waals surface area contributed by atoms with Crippen LogP contribution in [-0.2, 0) is 75.9 Å². The van der Waals surface area contributed by atoms with Crippen LogP contribution in [0.4, 0.5) is 0 Å². The van der Waals surface area contributed by atoms with Crippen molar-refractivity contribution in [2.24, 2.45) is 22.9 Å². The number of ether oxygens (including phenoxy) is 5. The van der Waals surface area contributed by atoms with Gasteiger partial charge in [-0.25, -0.2) is 0 Å². The summed E-state index contributed by atoms with van der Waals surface area (Å²) in [5, 5.41) is 20.3. The third-order valence-electron chi connectivity index (χ3n) is 6.07. The lowest BCUT2D eigenvalue weighted by atomic mass is 10.2. The number of nitrogens with one attached hydrogen (secondary N) is 2. The Morgan fingerprint density at radius 3 is 0.708 bits per heavy atom. The van der Waals surface area contributed by atoms with E-state index in [9.17, 15) is 57.8 Å². The van der Waals surface area contributed by atoms with Crippen LogP contribution in [0.3, 0.4) is 0 Å². The minimum absolute atomic E-state index is 0.0247. The summed E-state index contributed by atoms with van der Waals surface area (Å²) in [6.45, 7) is 76.8. The van der Waals surface area contributed by atoms with Crippen molar-refractivity contribution in [3.05, 3.63) is 20.6 Å². The topological polar surface area (TPSA) is 342 Å². The van der Waals surface area contributed by atoms with E-state index >= 15 is 0 Å². The normalized spacial score (nSPS) is 10.0. The third-order valence-corrected chi connectivity index (χ3v) is 9.41. The summed E-state index contributed by atoms with van der Waals surface area (Å²) in [4.78, 5) is 104. The van der Waals surface area contributed by atoms with E-state index in [1.807, 2.05) is 166 Å². The molecule has 1 atom stereocenters. The molecule has 0 aromatic carbocycles. The maximum Gasteiger partial charge on any atom is 0.323 e. The first-order chi connectivity index (χ1) is 42.8. The van der Waals surface area contributed by atoms with Gasteiger partial charge in [0.1, 0.15) is 6.04 Å². The predicted molar refractivity (Wildman–Crippen MR) is 409 cm³/mol. The molecular weight excluding hydrogens is 1320 g/mol. The minimum atomic E-state index is -2.22. The molecule has 0 aromatic heterocycles. The molecule has 580 valence electrons. The highest BCUT2D eigenvalue weighted by Crippen LogP contribution is 2.38. The highest BCUT2D eigenvalue weighted by molar-refractivity contribution is 8.14. The standard InChI is InChI=1S/C7H15NO2.C7H15NO.C5H13O2P.4C5H10O2.3C5H10OS.2C4H10.C3H7N3.C3H7NO2/c1-5(2)10-7(9)6(3)8-4;1-5(2)7(9)8-6(3)4;1-5(2)7-8(3,4)6;7*1-4(2)7-5(3)6;2*1-4(2)3;1-3(2)5-6-4;1-3(2)4(5)6/h5-6,8H,1-4H3;5-6H,1-4H3,(H,8,9);5H,1-4H3;7*4H,1-3H3;2*4H,1-3H3;2*3H,1-2H3. The maximum absolute atomic E-state index is 10.9. The van der Waals surface area contributed by atoms with Crippen molar-refractivity contribution >= 4 is 93.8 Å². The lowest BCUT2D eigenvalue weighted by molar-refractivity contribution is -0.513. The molecule has 0 aliphatic carbocycles. The Bertz CT molecular complexity index is 1760. The summed E-state index contributed by atoms with van der Waals surface area (Å²) in [5.74, 6) is 0.852. The molecule has 24 nitrogen and oxygen atoms in total. The number of azide groups is 1. The second-order valence-corrected chi connectivity index (χ2v) is 33.4. The van der Waals surface area contributed by atoms with Crippen molar-refractivity contribution in [1.29, 1.82) is 0 Å². The Labute approximate surface area is 599 Å². The number of likely N-dealkylation sites (N-methyl/N-ethyl adjacent to an activating group) is 1. The zero-order valence-electron chi connectivity index (χ0n) is 68.5. The van der Waals surface area contributed by atoms with Crippen molar-refractivity contribution < 1.29 is 80.8 Å². The van der Waals surface area contributed by atoms with E-state index < -0.39 is 13.4 Å². The number of thioether (sulfide) groups is 3. The number of hydrogen-bond acceptors (Lipinski definition) is 23.